The summed E-state index contributed by atoms with van der Waals surface area (Å²) >= 11 is 0. The summed E-state index contributed by atoms with van der Waals surface area (Å²) in [5, 5.41) is 29.9. The zero-order chi connectivity index (χ0) is 19.5. The molecule has 3 N–H and O–H groups in total. The van der Waals surface area contributed by atoms with Gasteiger partial charge in [0, 0.05) is 17.3 Å². The number of rotatable bonds is 6. The zero-order valence-electron chi connectivity index (χ0n) is 16.6. The average molecular weight is 347 g/mol. The molecule has 1 saturated carbocycles. The lowest BCUT2D eigenvalue weighted by Crippen LogP contribution is -2.42. The number of aliphatic hydroxyl groups is 2. The van der Waals surface area contributed by atoms with Crippen molar-refractivity contribution in [1.29, 1.82) is 5.41 Å². The van der Waals surface area contributed by atoms with Gasteiger partial charge in [0.15, 0.2) is 5.78 Å². The molecule has 0 aromatic heterocycles. The van der Waals surface area contributed by atoms with E-state index in [2.05, 4.69) is 0 Å². The molecule has 1 fully saturated rings. The highest BCUT2D eigenvalue weighted by Gasteiger charge is 2.56. The van der Waals surface area contributed by atoms with Crippen LogP contribution in [-0.4, -0.2) is 27.8 Å². The minimum Gasteiger partial charge on any atom is -0.511 e. The SMILES string of the molecule is CC(C)=CC[C@@H]1C(=O)C(=C(O)C(C)C)C(=N)[C@@]1(C)[C@@H](O)CC=C(C)C. The highest BCUT2D eigenvalue weighted by molar-refractivity contribution is 6.30. The van der Waals surface area contributed by atoms with E-state index in [1.165, 1.54) is 0 Å². The van der Waals surface area contributed by atoms with Crippen LogP contribution in [0.4, 0.5) is 0 Å². The third kappa shape index (κ3) is 4.30. The predicted molar refractivity (Wildman–Crippen MR) is 103 cm³/mol. The maximum atomic E-state index is 13.0. The van der Waals surface area contributed by atoms with Crippen LogP contribution in [0.5, 0.6) is 0 Å². The Balaban J connectivity index is 3.45. The number of allylic oxidation sites excluding steroid dienone is 5. The molecule has 1 aliphatic rings. The molecule has 0 saturated heterocycles. The van der Waals surface area contributed by atoms with Crippen LogP contribution in [0.2, 0.25) is 0 Å². The van der Waals surface area contributed by atoms with E-state index in [0.717, 1.165) is 11.1 Å². The lowest BCUT2D eigenvalue weighted by Gasteiger charge is -2.34. The van der Waals surface area contributed by atoms with Crippen molar-refractivity contribution < 1.29 is 15.0 Å². The van der Waals surface area contributed by atoms with Crippen LogP contribution in [0.15, 0.2) is 34.6 Å². The van der Waals surface area contributed by atoms with Crippen LogP contribution in [0.25, 0.3) is 0 Å². The van der Waals surface area contributed by atoms with E-state index < -0.39 is 17.4 Å². The number of carbonyl (C=O) groups excluding carboxylic acids is 1. The van der Waals surface area contributed by atoms with Gasteiger partial charge in [-0.2, -0.15) is 0 Å². The lowest BCUT2D eigenvalue weighted by molar-refractivity contribution is -0.121. The molecular weight excluding hydrogens is 314 g/mol. The number of aliphatic hydroxyl groups excluding tert-OH is 2. The minimum atomic E-state index is -1.01. The summed E-state index contributed by atoms with van der Waals surface area (Å²) in [6, 6.07) is 0. The Kier molecular flexibility index (Phi) is 6.95. The van der Waals surface area contributed by atoms with Gasteiger partial charge in [0.2, 0.25) is 0 Å². The predicted octanol–water partition coefficient (Wildman–Crippen LogP) is 4.75. The summed E-state index contributed by atoms with van der Waals surface area (Å²) in [5.41, 5.74) is 1.32. The summed E-state index contributed by atoms with van der Waals surface area (Å²) in [4.78, 5) is 13.0. The number of carbonyl (C=O) groups is 1. The van der Waals surface area contributed by atoms with E-state index in [9.17, 15) is 15.0 Å². The number of ketones is 1. The summed E-state index contributed by atoms with van der Waals surface area (Å²) < 4.78 is 0. The number of nitrogens with one attached hydrogen (secondary N) is 1. The Bertz CT molecular complexity index is 632. The molecule has 0 aromatic rings. The van der Waals surface area contributed by atoms with Crippen molar-refractivity contribution in [1.82, 2.24) is 0 Å². The standard InChI is InChI=1S/C21H33NO3/c1-12(2)8-10-15-19(25)17(18(24)14(5)6)20(22)21(15,7)16(23)11-9-13(3)4/h8-9,14-16,22-24H,10-11H2,1-7H3/t15-,16+,21-/m1/s1. The Hall–Kier alpha value is -1.68. The molecule has 0 heterocycles. The van der Waals surface area contributed by atoms with Gasteiger partial charge in [-0.1, -0.05) is 44.1 Å². The molecule has 140 valence electrons. The monoisotopic (exact) mass is 347 g/mol. The Morgan fingerprint density at radius 3 is 2.16 bits per heavy atom. The number of Topliss-reactive ketones (excluding diaryl/α,β-unsaturated/α-hetero) is 1. The van der Waals surface area contributed by atoms with Gasteiger partial charge in [0.25, 0.3) is 0 Å². The first kappa shape index (κ1) is 21.4. The van der Waals surface area contributed by atoms with E-state index in [-0.39, 0.29) is 28.7 Å². The topological polar surface area (TPSA) is 81.4 Å². The first-order valence-electron chi connectivity index (χ1n) is 8.96. The van der Waals surface area contributed by atoms with Gasteiger partial charge in [-0.05, 0) is 40.5 Å². The van der Waals surface area contributed by atoms with E-state index in [4.69, 9.17) is 5.41 Å². The largest absolute Gasteiger partial charge is 0.511 e. The molecule has 0 aliphatic heterocycles. The van der Waals surface area contributed by atoms with Crippen LogP contribution in [-0.2, 0) is 4.79 Å². The average Bonchev–Trinajstić information content (AvgIpc) is 2.69. The summed E-state index contributed by atoms with van der Waals surface area (Å²) in [6.45, 7) is 13.2. The van der Waals surface area contributed by atoms with Gasteiger partial charge >= 0.3 is 0 Å². The molecule has 0 radical (unpaired) electrons. The second-order valence-corrected chi connectivity index (χ2v) is 8.04. The van der Waals surface area contributed by atoms with E-state index in [1.54, 1.807) is 20.8 Å². The van der Waals surface area contributed by atoms with Gasteiger partial charge < -0.3 is 15.6 Å². The van der Waals surface area contributed by atoms with Crippen molar-refractivity contribution in [2.75, 3.05) is 0 Å². The van der Waals surface area contributed by atoms with E-state index in [1.807, 2.05) is 39.8 Å². The van der Waals surface area contributed by atoms with Crippen LogP contribution in [0, 0.1) is 22.7 Å². The fourth-order valence-corrected chi connectivity index (χ4v) is 3.25. The minimum absolute atomic E-state index is 0.0460. The molecular formula is C21H33NO3. The van der Waals surface area contributed by atoms with E-state index >= 15 is 0 Å². The van der Waals surface area contributed by atoms with Crippen molar-refractivity contribution in [3.63, 3.8) is 0 Å². The summed E-state index contributed by atoms with van der Waals surface area (Å²) in [5.74, 6) is -1.05. The summed E-state index contributed by atoms with van der Waals surface area (Å²) in [6.07, 6.45) is 3.88. The van der Waals surface area contributed by atoms with Gasteiger partial charge in [-0.25, -0.2) is 0 Å². The molecule has 0 unspecified atom stereocenters. The number of hydrogen-bond acceptors (Lipinski definition) is 4. The molecule has 0 amide bonds. The zero-order valence-corrected chi connectivity index (χ0v) is 16.6. The first-order chi connectivity index (χ1) is 11.4. The van der Waals surface area contributed by atoms with Gasteiger partial charge in [0.1, 0.15) is 5.76 Å². The van der Waals surface area contributed by atoms with Crippen LogP contribution >= 0.6 is 0 Å². The maximum absolute atomic E-state index is 13.0. The molecule has 0 bridgehead atoms. The highest BCUT2D eigenvalue weighted by Crippen LogP contribution is 2.47. The lowest BCUT2D eigenvalue weighted by atomic mass is 9.71. The molecule has 25 heavy (non-hydrogen) atoms. The smallest absolute Gasteiger partial charge is 0.172 e. The van der Waals surface area contributed by atoms with Gasteiger partial charge in [0.05, 0.1) is 17.4 Å². The second kappa shape index (κ2) is 8.13. The first-order valence-corrected chi connectivity index (χ1v) is 8.96. The Labute approximate surface area is 151 Å². The molecule has 0 spiro atoms. The fraction of sp³-hybridized carbons (Fsp3) is 0.619. The van der Waals surface area contributed by atoms with Crippen molar-refractivity contribution in [2.24, 2.45) is 17.3 Å². The molecule has 1 rings (SSSR count). The van der Waals surface area contributed by atoms with Crippen molar-refractivity contribution in [2.45, 2.75) is 67.4 Å². The molecule has 1 aliphatic carbocycles. The van der Waals surface area contributed by atoms with Crippen LogP contribution in [0.1, 0.15) is 61.3 Å². The summed E-state index contributed by atoms with van der Waals surface area (Å²) in [7, 11) is 0. The van der Waals surface area contributed by atoms with Crippen LogP contribution in [0.3, 0.4) is 0 Å². The Morgan fingerprint density at radius 1 is 1.20 bits per heavy atom. The maximum Gasteiger partial charge on any atom is 0.172 e. The van der Waals surface area contributed by atoms with Gasteiger partial charge in [-0.3, -0.25) is 4.79 Å². The van der Waals surface area contributed by atoms with Crippen molar-refractivity contribution in [3.05, 3.63) is 34.6 Å². The van der Waals surface area contributed by atoms with E-state index in [0.29, 0.717) is 12.8 Å². The second-order valence-electron chi connectivity index (χ2n) is 8.04. The third-order valence-corrected chi connectivity index (χ3v) is 5.08. The normalized spacial score (nSPS) is 26.7. The Morgan fingerprint density at radius 2 is 1.72 bits per heavy atom. The fourth-order valence-electron chi connectivity index (χ4n) is 3.25. The van der Waals surface area contributed by atoms with Crippen molar-refractivity contribution in [3.8, 4) is 0 Å². The highest BCUT2D eigenvalue weighted by atomic mass is 16.3. The molecule has 0 aromatic carbocycles. The number of hydrogen-bond donors (Lipinski definition) is 3. The van der Waals surface area contributed by atoms with Crippen LogP contribution < -0.4 is 0 Å². The quantitative estimate of drug-likeness (QED) is 0.368. The third-order valence-electron chi connectivity index (χ3n) is 5.08. The molecule has 4 heteroatoms. The molecule has 4 nitrogen and oxygen atoms in total. The van der Waals surface area contributed by atoms with Gasteiger partial charge in [-0.15, -0.1) is 0 Å². The molecule has 3 atom stereocenters. The van der Waals surface area contributed by atoms with Crippen molar-refractivity contribution >= 4 is 11.5 Å².